The molecule has 12 heavy (non-hydrogen) atoms. The van der Waals surface area contributed by atoms with Crippen LogP contribution in [0.4, 0.5) is 0 Å². The molecule has 0 radical (unpaired) electrons. The summed E-state index contributed by atoms with van der Waals surface area (Å²) in [5, 5.41) is 3.07. The van der Waals surface area contributed by atoms with Gasteiger partial charge in [-0.05, 0) is 12.7 Å². The van der Waals surface area contributed by atoms with Crippen LogP contribution in [-0.2, 0) is 9.53 Å². The lowest BCUT2D eigenvalue weighted by Gasteiger charge is -2.11. The van der Waals surface area contributed by atoms with E-state index in [4.69, 9.17) is 0 Å². The fourth-order valence-corrected chi connectivity index (χ4v) is 1.39. The van der Waals surface area contributed by atoms with Crippen LogP contribution < -0.4 is 5.32 Å². The van der Waals surface area contributed by atoms with Gasteiger partial charge in [-0.1, -0.05) is 6.92 Å². The van der Waals surface area contributed by atoms with Gasteiger partial charge < -0.3 is 10.1 Å². The molecule has 4 heteroatoms. The van der Waals surface area contributed by atoms with Crippen molar-refractivity contribution < 1.29 is 9.53 Å². The normalized spacial score (nSPS) is 12.6. The molecule has 0 saturated carbocycles. The zero-order valence-corrected chi connectivity index (χ0v) is 8.74. The molecule has 0 aromatic heterocycles. The van der Waals surface area contributed by atoms with E-state index in [1.54, 1.807) is 0 Å². The number of carbonyl (C=O) groups excluding carboxylic acids is 1. The summed E-state index contributed by atoms with van der Waals surface area (Å²) in [7, 11) is 1.40. The number of hydrogen-bond donors (Lipinski definition) is 1. The third-order valence-corrected chi connectivity index (χ3v) is 2.54. The van der Waals surface area contributed by atoms with Gasteiger partial charge in [-0.15, -0.1) is 0 Å². The van der Waals surface area contributed by atoms with Gasteiger partial charge >= 0.3 is 5.97 Å². The third-order valence-electron chi connectivity index (χ3n) is 1.39. The minimum Gasteiger partial charge on any atom is -0.468 e. The Morgan fingerprint density at radius 1 is 1.67 bits per heavy atom. The second kappa shape index (κ2) is 7.43. The van der Waals surface area contributed by atoms with Crippen LogP contribution in [0.15, 0.2) is 0 Å². The summed E-state index contributed by atoms with van der Waals surface area (Å²) in [6.45, 7) is 4.49. The van der Waals surface area contributed by atoms with Gasteiger partial charge in [0.2, 0.25) is 0 Å². The first-order valence-corrected chi connectivity index (χ1v) is 5.24. The van der Waals surface area contributed by atoms with Crippen molar-refractivity contribution in [2.75, 3.05) is 25.2 Å². The van der Waals surface area contributed by atoms with Crippen molar-refractivity contribution in [3.8, 4) is 0 Å². The number of thioether (sulfide) groups is 1. The molecule has 0 spiro atoms. The number of hydrogen-bond acceptors (Lipinski definition) is 4. The lowest BCUT2D eigenvalue weighted by molar-refractivity contribution is -0.139. The maximum atomic E-state index is 10.7. The molecular weight excluding hydrogens is 174 g/mol. The minimum absolute atomic E-state index is 0.205. The fraction of sp³-hybridized carbons (Fsp3) is 0.875. The van der Waals surface area contributed by atoms with Crippen molar-refractivity contribution in [2.45, 2.75) is 19.9 Å². The first-order chi connectivity index (χ1) is 5.70. The summed E-state index contributed by atoms with van der Waals surface area (Å²) in [5.41, 5.74) is 0. The Morgan fingerprint density at radius 3 is 2.83 bits per heavy atom. The van der Waals surface area contributed by atoms with E-state index in [0.29, 0.717) is 12.6 Å². The molecule has 0 aliphatic rings. The zero-order valence-electron chi connectivity index (χ0n) is 7.92. The molecule has 0 amide bonds. The molecule has 3 nitrogen and oxygen atoms in total. The largest absolute Gasteiger partial charge is 0.468 e. The maximum absolute atomic E-state index is 10.7. The number of carbonyl (C=O) groups is 1. The molecule has 0 aromatic rings. The van der Waals surface area contributed by atoms with Gasteiger partial charge in [-0.2, -0.15) is 11.8 Å². The van der Waals surface area contributed by atoms with Crippen LogP contribution in [0.5, 0.6) is 0 Å². The van der Waals surface area contributed by atoms with Crippen LogP contribution in [0.2, 0.25) is 0 Å². The molecule has 1 atom stereocenters. The lowest BCUT2D eigenvalue weighted by Crippen LogP contribution is -2.33. The van der Waals surface area contributed by atoms with Crippen LogP contribution in [-0.4, -0.2) is 37.2 Å². The Morgan fingerprint density at radius 2 is 2.33 bits per heavy atom. The number of ether oxygens (including phenoxy) is 1. The molecule has 1 unspecified atom stereocenters. The highest BCUT2D eigenvalue weighted by Gasteiger charge is 2.03. The Hall–Kier alpha value is -0.220. The van der Waals surface area contributed by atoms with E-state index < -0.39 is 0 Å². The Bertz CT molecular complexity index is 130. The van der Waals surface area contributed by atoms with Crippen molar-refractivity contribution in [2.24, 2.45) is 0 Å². The highest BCUT2D eigenvalue weighted by atomic mass is 32.2. The number of esters is 1. The van der Waals surface area contributed by atoms with Gasteiger partial charge in [0.05, 0.1) is 13.7 Å². The van der Waals surface area contributed by atoms with Gasteiger partial charge in [0.1, 0.15) is 0 Å². The smallest absolute Gasteiger partial charge is 0.319 e. The van der Waals surface area contributed by atoms with E-state index in [0.717, 1.165) is 11.5 Å². The second-order valence-electron chi connectivity index (χ2n) is 2.52. The summed E-state index contributed by atoms with van der Waals surface area (Å²) in [6.07, 6.45) is 0. The van der Waals surface area contributed by atoms with E-state index in [9.17, 15) is 4.79 Å². The molecule has 1 N–H and O–H groups in total. The van der Waals surface area contributed by atoms with Crippen LogP contribution in [0.1, 0.15) is 13.8 Å². The first-order valence-electron chi connectivity index (χ1n) is 4.08. The van der Waals surface area contributed by atoms with Crippen LogP contribution in [0.3, 0.4) is 0 Å². The molecule has 0 aromatic carbocycles. The number of methoxy groups -OCH3 is 1. The minimum atomic E-state index is -0.205. The monoisotopic (exact) mass is 191 g/mol. The second-order valence-corrected chi connectivity index (χ2v) is 3.84. The summed E-state index contributed by atoms with van der Waals surface area (Å²) >= 11 is 1.86. The van der Waals surface area contributed by atoms with Crippen LogP contribution in [0.25, 0.3) is 0 Å². The molecular formula is C8H17NO2S. The molecule has 0 heterocycles. The molecule has 0 saturated heterocycles. The average molecular weight is 191 g/mol. The highest BCUT2D eigenvalue weighted by Crippen LogP contribution is 2.00. The molecule has 0 bridgehead atoms. The molecule has 0 aliphatic heterocycles. The standard InChI is InChI=1S/C8H17NO2S/c1-4-12-6-7(2)9-5-8(10)11-3/h7,9H,4-6H2,1-3H3. The quantitative estimate of drug-likeness (QED) is 0.633. The maximum Gasteiger partial charge on any atom is 0.319 e. The van der Waals surface area contributed by atoms with Crippen LogP contribution >= 0.6 is 11.8 Å². The third kappa shape index (κ3) is 6.49. The van der Waals surface area contributed by atoms with Crippen molar-refractivity contribution in [1.82, 2.24) is 5.32 Å². The first kappa shape index (κ1) is 11.8. The van der Waals surface area contributed by atoms with E-state index in [1.807, 2.05) is 11.8 Å². The summed E-state index contributed by atoms with van der Waals surface area (Å²) in [4.78, 5) is 10.7. The predicted octanol–water partition coefficient (Wildman–Crippen LogP) is 0.891. The van der Waals surface area contributed by atoms with Crippen molar-refractivity contribution in [3.63, 3.8) is 0 Å². The SMILES string of the molecule is CCSCC(C)NCC(=O)OC. The number of rotatable bonds is 6. The summed E-state index contributed by atoms with van der Waals surface area (Å²) in [5.74, 6) is 1.95. The van der Waals surface area contributed by atoms with Crippen molar-refractivity contribution in [1.29, 1.82) is 0 Å². The molecule has 0 fully saturated rings. The van der Waals surface area contributed by atoms with Gasteiger partial charge in [-0.25, -0.2) is 0 Å². The van der Waals surface area contributed by atoms with E-state index in [2.05, 4.69) is 23.9 Å². The van der Waals surface area contributed by atoms with Gasteiger partial charge in [-0.3, -0.25) is 4.79 Å². The molecule has 0 rings (SSSR count). The predicted molar refractivity (Wildman–Crippen MR) is 52.5 cm³/mol. The Labute approximate surface area is 78.2 Å². The molecule has 0 aliphatic carbocycles. The number of nitrogens with one attached hydrogen (secondary N) is 1. The molecule has 72 valence electrons. The fourth-order valence-electron chi connectivity index (χ4n) is 0.683. The van der Waals surface area contributed by atoms with E-state index in [-0.39, 0.29) is 5.97 Å². The zero-order chi connectivity index (χ0) is 9.40. The summed E-state index contributed by atoms with van der Waals surface area (Å²) < 4.78 is 4.50. The van der Waals surface area contributed by atoms with Gasteiger partial charge in [0.15, 0.2) is 0 Å². The van der Waals surface area contributed by atoms with Gasteiger partial charge in [0.25, 0.3) is 0 Å². The van der Waals surface area contributed by atoms with E-state index >= 15 is 0 Å². The average Bonchev–Trinajstić information content (AvgIpc) is 2.10. The van der Waals surface area contributed by atoms with Crippen LogP contribution in [0, 0.1) is 0 Å². The highest BCUT2D eigenvalue weighted by molar-refractivity contribution is 7.99. The Kier molecular flexibility index (Phi) is 7.29. The van der Waals surface area contributed by atoms with Crippen molar-refractivity contribution >= 4 is 17.7 Å². The van der Waals surface area contributed by atoms with Gasteiger partial charge in [0, 0.05) is 11.8 Å². The Balaban J connectivity index is 3.30. The lowest BCUT2D eigenvalue weighted by atomic mass is 10.4. The topological polar surface area (TPSA) is 38.3 Å². The summed E-state index contributed by atoms with van der Waals surface area (Å²) in [6, 6.07) is 0.369. The van der Waals surface area contributed by atoms with Crippen molar-refractivity contribution in [3.05, 3.63) is 0 Å². The van der Waals surface area contributed by atoms with E-state index in [1.165, 1.54) is 7.11 Å².